The summed E-state index contributed by atoms with van der Waals surface area (Å²) >= 11 is 0. The number of nitrogens with two attached hydrogens (primary N) is 1. The van der Waals surface area contributed by atoms with E-state index in [2.05, 4.69) is 6.92 Å². The van der Waals surface area contributed by atoms with Gasteiger partial charge in [0.15, 0.2) is 0 Å². The third kappa shape index (κ3) is 3.19. The number of carboxylic acid groups (broad SMARTS) is 1. The van der Waals surface area contributed by atoms with E-state index in [-0.39, 0.29) is 11.7 Å². The molecule has 0 aromatic heterocycles. The van der Waals surface area contributed by atoms with Crippen molar-refractivity contribution >= 4 is 11.7 Å². The van der Waals surface area contributed by atoms with E-state index in [1.807, 2.05) is 0 Å². The van der Waals surface area contributed by atoms with Gasteiger partial charge in [0.2, 0.25) is 0 Å². The monoisotopic (exact) mass is 263 g/mol. The fourth-order valence-electron chi connectivity index (χ4n) is 2.77. The minimum Gasteiger partial charge on any atom is -0.489 e. The summed E-state index contributed by atoms with van der Waals surface area (Å²) in [6.45, 7) is 2.16. The second kappa shape index (κ2) is 5.95. The zero-order valence-corrected chi connectivity index (χ0v) is 11.3. The van der Waals surface area contributed by atoms with E-state index in [0.29, 0.717) is 17.4 Å². The highest BCUT2D eigenvalue weighted by Crippen LogP contribution is 2.32. The van der Waals surface area contributed by atoms with Gasteiger partial charge in [0.05, 0.1) is 0 Å². The fraction of sp³-hybridized carbons (Fsp3) is 0.533. The average molecular weight is 263 g/mol. The van der Waals surface area contributed by atoms with Crippen LogP contribution in [0.25, 0.3) is 0 Å². The van der Waals surface area contributed by atoms with E-state index in [0.717, 1.165) is 25.7 Å². The van der Waals surface area contributed by atoms with Crippen LogP contribution in [0.1, 0.15) is 49.4 Å². The Bertz CT molecular complexity index is 459. The number of anilines is 1. The van der Waals surface area contributed by atoms with Crippen LogP contribution in [0, 0.1) is 5.92 Å². The molecule has 0 radical (unpaired) electrons. The van der Waals surface area contributed by atoms with E-state index in [1.165, 1.54) is 12.5 Å². The molecule has 0 heterocycles. The van der Waals surface area contributed by atoms with E-state index in [1.54, 1.807) is 12.1 Å². The molecule has 1 aromatic carbocycles. The first kappa shape index (κ1) is 13.7. The molecular weight excluding hydrogens is 242 g/mol. The Balaban J connectivity index is 2.21. The number of rotatable bonds is 4. The van der Waals surface area contributed by atoms with Crippen LogP contribution in [0.4, 0.5) is 5.69 Å². The molecular formula is C15H21NO3. The third-order valence-electron chi connectivity index (χ3n) is 3.88. The summed E-state index contributed by atoms with van der Waals surface area (Å²) in [5, 5.41) is 9.19. The Morgan fingerprint density at radius 2 is 2.16 bits per heavy atom. The number of nitrogen functional groups attached to an aromatic ring is 1. The van der Waals surface area contributed by atoms with Crippen LogP contribution in [0.3, 0.4) is 0 Å². The molecule has 0 spiro atoms. The lowest BCUT2D eigenvalue weighted by Crippen LogP contribution is -2.30. The molecule has 0 saturated heterocycles. The molecule has 19 heavy (non-hydrogen) atoms. The molecule has 1 aromatic rings. The number of aromatic carboxylic acids is 1. The first-order chi connectivity index (χ1) is 9.11. The SMILES string of the molecule is CCC1CCCCC1Oc1cc(N)ccc1C(=O)O. The van der Waals surface area contributed by atoms with Crippen LogP contribution >= 0.6 is 0 Å². The largest absolute Gasteiger partial charge is 0.489 e. The highest BCUT2D eigenvalue weighted by atomic mass is 16.5. The van der Waals surface area contributed by atoms with Gasteiger partial charge in [-0.15, -0.1) is 0 Å². The molecule has 0 aliphatic heterocycles. The molecule has 4 nitrogen and oxygen atoms in total. The summed E-state index contributed by atoms with van der Waals surface area (Å²) in [6.07, 6.45) is 5.71. The number of hydrogen-bond acceptors (Lipinski definition) is 3. The second-order valence-electron chi connectivity index (χ2n) is 5.17. The number of carboxylic acids is 1. The molecule has 104 valence electrons. The normalized spacial score (nSPS) is 23.0. The van der Waals surface area contributed by atoms with Gasteiger partial charge in [-0.25, -0.2) is 4.79 Å². The minimum absolute atomic E-state index is 0.110. The Morgan fingerprint density at radius 3 is 2.84 bits per heavy atom. The number of hydrogen-bond donors (Lipinski definition) is 2. The van der Waals surface area contributed by atoms with Gasteiger partial charge in [-0.2, -0.15) is 0 Å². The van der Waals surface area contributed by atoms with Crippen molar-refractivity contribution in [3.8, 4) is 5.75 Å². The highest BCUT2D eigenvalue weighted by Gasteiger charge is 2.26. The molecule has 0 amide bonds. The van der Waals surface area contributed by atoms with Crippen LogP contribution in [-0.2, 0) is 0 Å². The Morgan fingerprint density at radius 1 is 1.42 bits per heavy atom. The van der Waals surface area contributed by atoms with Gasteiger partial charge in [-0.3, -0.25) is 0 Å². The van der Waals surface area contributed by atoms with Crippen molar-refractivity contribution in [1.29, 1.82) is 0 Å². The lowest BCUT2D eigenvalue weighted by molar-refractivity contribution is 0.0664. The first-order valence-electron chi connectivity index (χ1n) is 6.91. The van der Waals surface area contributed by atoms with Crippen molar-refractivity contribution in [1.82, 2.24) is 0 Å². The molecule has 1 saturated carbocycles. The molecule has 1 aliphatic rings. The van der Waals surface area contributed by atoms with Gasteiger partial charge in [-0.05, 0) is 43.7 Å². The maximum Gasteiger partial charge on any atom is 0.339 e. The Kier molecular flexibility index (Phi) is 4.30. The molecule has 1 aliphatic carbocycles. The van der Waals surface area contributed by atoms with E-state index in [9.17, 15) is 9.90 Å². The average Bonchev–Trinajstić information content (AvgIpc) is 2.39. The quantitative estimate of drug-likeness (QED) is 0.817. The van der Waals surface area contributed by atoms with E-state index in [4.69, 9.17) is 10.5 Å². The Hall–Kier alpha value is -1.71. The van der Waals surface area contributed by atoms with Crippen LogP contribution in [0.2, 0.25) is 0 Å². The van der Waals surface area contributed by atoms with Crippen molar-refractivity contribution in [2.45, 2.75) is 45.1 Å². The third-order valence-corrected chi connectivity index (χ3v) is 3.88. The molecule has 1 fully saturated rings. The predicted octanol–water partition coefficient (Wildman–Crippen LogP) is 3.31. The molecule has 2 atom stereocenters. The maximum atomic E-state index is 11.2. The summed E-state index contributed by atoms with van der Waals surface area (Å²) in [5.41, 5.74) is 6.45. The van der Waals surface area contributed by atoms with E-state index < -0.39 is 5.97 Å². The second-order valence-corrected chi connectivity index (χ2v) is 5.17. The van der Waals surface area contributed by atoms with Crippen molar-refractivity contribution in [2.75, 3.05) is 5.73 Å². The molecule has 4 heteroatoms. The number of ether oxygens (including phenoxy) is 1. The zero-order chi connectivity index (χ0) is 13.8. The van der Waals surface area contributed by atoms with Gasteiger partial charge < -0.3 is 15.6 Å². The summed E-state index contributed by atoms with van der Waals surface area (Å²) in [6, 6.07) is 4.72. The number of benzene rings is 1. The van der Waals surface area contributed by atoms with Crippen LogP contribution < -0.4 is 10.5 Å². The summed E-state index contributed by atoms with van der Waals surface area (Å²) < 4.78 is 5.97. The minimum atomic E-state index is -0.973. The smallest absolute Gasteiger partial charge is 0.339 e. The Labute approximate surface area is 113 Å². The van der Waals surface area contributed by atoms with Gasteiger partial charge in [0.1, 0.15) is 17.4 Å². The molecule has 2 rings (SSSR count). The van der Waals surface area contributed by atoms with Crippen LogP contribution in [0.5, 0.6) is 5.75 Å². The summed E-state index contributed by atoms with van der Waals surface area (Å²) in [4.78, 5) is 11.2. The lowest BCUT2D eigenvalue weighted by Gasteiger charge is -2.31. The standard InChI is InChI=1S/C15H21NO3/c1-2-10-5-3-4-6-13(10)19-14-9-11(16)7-8-12(14)15(17)18/h7-10,13H,2-6,16H2,1H3,(H,17,18). The van der Waals surface area contributed by atoms with Gasteiger partial charge in [0.25, 0.3) is 0 Å². The molecule has 2 unspecified atom stereocenters. The highest BCUT2D eigenvalue weighted by molar-refractivity contribution is 5.91. The van der Waals surface area contributed by atoms with Gasteiger partial charge >= 0.3 is 5.97 Å². The first-order valence-corrected chi connectivity index (χ1v) is 6.91. The van der Waals surface area contributed by atoms with Crippen LogP contribution in [0.15, 0.2) is 18.2 Å². The lowest BCUT2D eigenvalue weighted by atomic mass is 9.84. The molecule has 3 N–H and O–H groups in total. The van der Waals surface area contributed by atoms with Crippen molar-refractivity contribution in [2.24, 2.45) is 5.92 Å². The van der Waals surface area contributed by atoms with Crippen molar-refractivity contribution in [3.63, 3.8) is 0 Å². The summed E-state index contributed by atoms with van der Waals surface area (Å²) in [5.74, 6) is -0.0615. The summed E-state index contributed by atoms with van der Waals surface area (Å²) in [7, 11) is 0. The molecule has 0 bridgehead atoms. The van der Waals surface area contributed by atoms with Crippen molar-refractivity contribution < 1.29 is 14.6 Å². The topological polar surface area (TPSA) is 72.5 Å². The predicted molar refractivity (Wildman–Crippen MR) is 74.5 cm³/mol. The van der Waals surface area contributed by atoms with Crippen LogP contribution in [-0.4, -0.2) is 17.2 Å². The van der Waals surface area contributed by atoms with Crippen molar-refractivity contribution in [3.05, 3.63) is 23.8 Å². The van der Waals surface area contributed by atoms with E-state index >= 15 is 0 Å². The maximum absolute atomic E-state index is 11.2. The van der Waals surface area contributed by atoms with Gasteiger partial charge in [-0.1, -0.05) is 13.3 Å². The van der Waals surface area contributed by atoms with Gasteiger partial charge in [0, 0.05) is 11.8 Å². The fourth-order valence-corrected chi connectivity index (χ4v) is 2.77. The number of carbonyl (C=O) groups is 1. The zero-order valence-electron chi connectivity index (χ0n) is 11.3.